The highest BCUT2D eigenvalue weighted by Crippen LogP contribution is 2.11. The summed E-state index contributed by atoms with van der Waals surface area (Å²) in [5.41, 5.74) is 6.05. The monoisotopic (exact) mass is 356 g/mol. The molecule has 134 valence electrons. The molecule has 0 bridgehead atoms. The second kappa shape index (κ2) is 7.94. The number of nitrogens with two attached hydrogens (primary N) is 1. The number of rotatable bonds is 6. The van der Waals surface area contributed by atoms with Crippen molar-refractivity contribution in [1.29, 1.82) is 5.26 Å². The fourth-order valence-electron chi connectivity index (χ4n) is 2.20. The number of ketones is 1. The zero-order valence-electron chi connectivity index (χ0n) is 13.9. The molecule has 1 aromatic rings. The van der Waals surface area contributed by atoms with Crippen molar-refractivity contribution in [2.24, 2.45) is 5.73 Å². The van der Waals surface area contributed by atoms with Gasteiger partial charge in [-0.05, 0) is 24.6 Å². The lowest BCUT2D eigenvalue weighted by atomic mass is 10.1. The molecule has 0 radical (unpaired) electrons. The van der Waals surface area contributed by atoms with Crippen LogP contribution < -0.4 is 11.1 Å². The molecule has 9 nitrogen and oxygen atoms in total. The SMILES string of the molecule is C/C(N)=C(/C#N)C(=O)COC(=O)c1ccc(CN2C(=O)CNC2=O)cc1. The van der Waals surface area contributed by atoms with Gasteiger partial charge in [-0.25, -0.2) is 9.59 Å². The van der Waals surface area contributed by atoms with Crippen molar-refractivity contribution in [3.63, 3.8) is 0 Å². The molecule has 0 unspecified atom stereocenters. The van der Waals surface area contributed by atoms with Gasteiger partial charge in [-0.15, -0.1) is 0 Å². The first-order chi connectivity index (χ1) is 12.3. The highest BCUT2D eigenvalue weighted by molar-refractivity contribution is 6.02. The van der Waals surface area contributed by atoms with Gasteiger partial charge in [0.1, 0.15) is 11.6 Å². The number of urea groups is 1. The van der Waals surface area contributed by atoms with E-state index in [1.54, 1.807) is 18.2 Å². The molecule has 0 aromatic heterocycles. The van der Waals surface area contributed by atoms with Crippen molar-refractivity contribution in [3.8, 4) is 6.07 Å². The summed E-state index contributed by atoms with van der Waals surface area (Å²) in [6.45, 7) is 0.867. The third kappa shape index (κ3) is 4.24. The van der Waals surface area contributed by atoms with E-state index >= 15 is 0 Å². The number of nitriles is 1. The maximum absolute atomic E-state index is 12.0. The molecule has 3 N–H and O–H groups in total. The predicted octanol–water partition coefficient (Wildman–Crippen LogP) is 0.221. The van der Waals surface area contributed by atoms with Crippen molar-refractivity contribution >= 4 is 23.7 Å². The number of benzene rings is 1. The van der Waals surface area contributed by atoms with E-state index in [9.17, 15) is 19.2 Å². The van der Waals surface area contributed by atoms with Crippen molar-refractivity contribution in [2.45, 2.75) is 13.5 Å². The Bertz CT molecular complexity index is 816. The Morgan fingerprint density at radius 3 is 2.46 bits per heavy atom. The van der Waals surface area contributed by atoms with Crippen LogP contribution in [0.1, 0.15) is 22.8 Å². The lowest BCUT2D eigenvalue weighted by Gasteiger charge is -2.12. The van der Waals surface area contributed by atoms with Gasteiger partial charge in [0.05, 0.1) is 18.7 Å². The van der Waals surface area contributed by atoms with Crippen LogP contribution in [0.3, 0.4) is 0 Å². The van der Waals surface area contributed by atoms with E-state index < -0.39 is 24.4 Å². The van der Waals surface area contributed by atoms with E-state index in [0.717, 1.165) is 4.90 Å². The van der Waals surface area contributed by atoms with Gasteiger partial charge in [-0.3, -0.25) is 14.5 Å². The van der Waals surface area contributed by atoms with Gasteiger partial charge >= 0.3 is 12.0 Å². The summed E-state index contributed by atoms with van der Waals surface area (Å²) >= 11 is 0. The Labute approximate surface area is 149 Å². The number of carbonyl (C=O) groups is 4. The maximum Gasteiger partial charge on any atom is 0.338 e. The first-order valence-corrected chi connectivity index (χ1v) is 7.57. The fraction of sp³-hybridized carbons (Fsp3) is 0.235. The third-order valence-electron chi connectivity index (χ3n) is 3.59. The van der Waals surface area contributed by atoms with Crippen LogP contribution >= 0.6 is 0 Å². The minimum atomic E-state index is -0.744. The second-order valence-corrected chi connectivity index (χ2v) is 5.50. The molecule has 1 aliphatic heterocycles. The standard InChI is InChI=1S/C17H16N4O5/c1-10(19)13(6-18)14(22)9-26-16(24)12-4-2-11(3-5-12)8-21-15(23)7-20-17(21)25/h2-5H,7-9,19H2,1H3,(H,20,25)/b13-10+. The molecular formula is C17H16N4O5. The molecule has 2 rings (SSSR count). The van der Waals surface area contributed by atoms with E-state index in [2.05, 4.69) is 5.32 Å². The smallest absolute Gasteiger partial charge is 0.338 e. The minimum absolute atomic E-state index is 0.0291. The van der Waals surface area contributed by atoms with Gasteiger partial charge in [0.2, 0.25) is 11.7 Å². The fourth-order valence-corrected chi connectivity index (χ4v) is 2.20. The number of ether oxygens (including phenoxy) is 1. The topological polar surface area (TPSA) is 143 Å². The summed E-state index contributed by atoms with van der Waals surface area (Å²) in [6.07, 6.45) is 0. The quantitative estimate of drug-likeness (QED) is 0.321. The molecular weight excluding hydrogens is 340 g/mol. The number of Topliss-reactive ketones (excluding diaryl/α,β-unsaturated/α-hetero) is 1. The molecule has 1 saturated heterocycles. The number of amides is 3. The van der Waals surface area contributed by atoms with Gasteiger partial charge in [0, 0.05) is 5.70 Å². The van der Waals surface area contributed by atoms with E-state index in [0.29, 0.717) is 5.56 Å². The largest absolute Gasteiger partial charge is 0.454 e. The zero-order chi connectivity index (χ0) is 19.3. The Kier molecular flexibility index (Phi) is 5.70. The highest BCUT2D eigenvalue weighted by atomic mass is 16.5. The first kappa shape index (κ1) is 18.7. The normalized spacial score (nSPS) is 14.4. The summed E-state index contributed by atoms with van der Waals surface area (Å²) in [6, 6.07) is 7.25. The van der Waals surface area contributed by atoms with Crippen LogP contribution in [-0.4, -0.2) is 41.7 Å². The summed E-state index contributed by atoms with van der Waals surface area (Å²) in [7, 11) is 0. The van der Waals surface area contributed by atoms with Crippen LogP contribution in [0.2, 0.25) is 0 Å². The van der Waals surface area contributed by atoms with Gasteiger partial charge in [-0.2, -0.15) is 5.26 Å². The number of esters is 1. The molecule has 26 heavy (non-hydrogen) atoms. The molecule has 9 heteroatoms. The van der Waals surface area contributed by atoms with Gasteiger partial charge in [0.15, 0.2) is 6.61 Å². The van der Waals surface area contributed by atoms with Crippen LogP contribution in [0, 0.1) is 11.3 Å². The zero-order valence-corrected chi connectivity index (χ0v) is 13.9. The number of carbonyl (C=O) groups excluding carboxylic acids is 4. The van der Waals surface area contributed by atoms with E-state index in [-0.39, 0.29) is 35.8 Å². The Balaban J connectivity index is 1.96. The van der Waals surface area contributed by atoms with Crippen LogP contribution in [0.5, 0.6) is 0 Å². The predicted molar refractivity (Wildman–Crippen MR) is 88.2 cm³/mol. The summed E-state index contributed by atoms with van der Waals surface area (Å²) in [5.74, 6) is -1.75. The van der Waals surface area contributed by atoms with E-state index in [1.165, 1.54) is 19.1 Å². The summed E-state index contributed by atoms with van der Waals surface area (Å²) < 4.78 is 4.87. The Hall–Kier alpha value is -3.67. The Morgan fingerprint density at radius 1 is 1.31 bits per heavy atom. The minimum Gasteiger partial charge on any atom is -0.454 e. The molecule has 1 fully saturated rings. The number of imide groups is 1. The lowest BCUT2D eigenvalue weighted by Crippen LogP contribution is -2.30. The maximum atomic E-state index is 12.0. The number of nitrogens with zero attached hydrogens (tertiary/aromatic N) is 2. The average Bonchev–Trinajstić information content (AvgIpc) is 2.92. The van der Waals surface area contributed by atoms with E-state index in [1.807, 2.05) is 0 Å². The van der Waals surface area contributed by atoms with Crippen LogP contribution in [0.4, 0.5) is 4.79 Å². The van der Waals surface area contributed by atoms with Crippen LogP contribution in [0.15, 0.2) is 35.5 Å². The van der Waals surface area contributed by atoms with Gasteiger partial charge < -0.3 is 15.8 Å². The average molecular weight is 356 g/mol. The number of nitrogens with one attached hydrogen (secondary N) is 1. The van der Waals surface area contributed by atoms with Crippen molar-refractivity contribution < 1.29 is 23.9 Å². The Morgan fingerprint density at radius 2 is 1.96 bits per heavy atom. The molecule has 1 aromatic carbocycles. The van der Waals surface area contributed by atoms with Gasteiger partial charge in [0.25, 0.3) is 0 Å². The summed E-state index contributed by atoms with van der Waals surface area (Å²) in [5, 5.41) is 11.2. The highest BCUT2D eigenvalue weighted by Gasteiger charge is 2.28. The molecule has 3 amide bonds. The number of allylic oxidation sites excluding steroid dienone is 1. The van der Waals surface area contributed by atoms with Crippen molar-refractivity contribution in [2.75, 3.05) is 13.2 Å². The van der Waals surface area contributed by atoms with Crippen molar-refractivity contribution in [3.05, 3.63) is 46.7 Å². The van der Waals surface area contributed by atoms with Crippen LogP contribution in [0.25, 0.3) is 0 Å². The second-order valence-electron chi connectivity index (χ2n) is 5.50. The van der Waals surface area contributed by atoms with E-state index in [4.69, 9.17) is 15.7 Å². The first-order valence-electron chi connectivity index (χ1n) is 7.57. The third-order valence-corrected chi connectivity index (χ3v) is 3.59. The van der Waals surface area contributed by atoms with Gasteiger partial charge in [-0.1, -0.05) is 12.1 Å². The molecule has 1 aliphatic rings. The molecule has 0 saturated carbocycles. The van der Waals surface area contributed by atoms with Crippen molar-refractivity contribution in [1.82, 2.24) is 10.2 Å². The number of hydrogen-bond acceptors (Lipinski definition) is 7. The molecule has 0 spiro atoms. The lowest BCUT2D eigenvalue weighted by molar-refractivity contribution is -0.125. The van der Waals surface area contributed by atoms with Crippen LogP contribution in [-0.2, 0) is 20.9 Å². The summed E-state index contributed by atoms with van der Waals surface area (Å²) in [4.78, 5) is 47.8. The molecule has 0 atom stereocenters. The molecule has 0 aliphatic carbocycles. The molecule has 1 heterocycles. The number of hydrogen-bond donors (Lipinski definition) is 2.